The van der Waals surface area contributed by atoms with Crippen LogP contribution in [0.1, 0.15) is 18.4 Å². The van der Waals surface area contributed by atoms with Crippen LogP contribution >= 0.6 is 0 Å². The molecule has 0 aliphatic heterocycles. The van der Waals surface area contributed by atoms with E-state index in [0.717, 1.165) is 13.1 Å². The smallest absolute Gasteiger partial charge is 0.0231 e. The van der Waals surface area contributed by atoms with Crippen molar-refractivity contribution in [3.63, 3.8) is 0 Å². The standard InChI is InChI=1S/C18H24N2/c1-19-13-18(9-10-18)14-20(2)12-15-7-8-16-5-3-4-6-17(16)11-15/h3-8,11,19H,9-10,12-14H2,1-2H3. The molecule has 2 aromatic carbocycles. The van der Waals surface area contributed by atoms with Crippen molar-refractivity contribution in [1.82, 2.24) is 10.2 Å². The van der Waals surface area contributed by atoms with Crippen molar-refractivity contribution in [3.8, 4) is 0 Å². The van der Waals surface area contributed by atoms with E-state index in [9.17, 15) is 0 Å². The quantitative estimate of drug-likeness (QED) is 0.865. The SMILES string of the molecule is CNCC1(CN(C)Cc2ccc3ccccc3c2)CC1. The molecular formula is C18H24N2. The Bertz CT molecular complexity index is 587. The number of rotatable bonds is 6. The number of hydrogen-bond donors (Lipinski definition) is 1. The normalized spacial score (nSPS) is 16.8. The molecule has 1 N–H and O–H groups in total. The van der Waals surface area contributed by atoms with E-state index in [4.69, 9.17) is 0 Å². The molecule has 3 rings (SSSR count). The molecule has 20 heavy (non-hydrogen) atoms. The lowest BCUT2D eigenvalue weighted by atomic mass is 10.0. The van der Waals surface area contributed by atoms with Gasteiger partial charge in [-0.15, -0.1) is 0 Å². The van der Waals surface area contributed by atoms with Crippen LogP contribution in [0.25, 0.3) is 10.8 Å². The summed E-state index contributed by atoms with van der Waals surface area (Å²) >= 11 is 0. The van der Waals surface area contributed by atoms with E-state index in [1.807, 2.05) is 0 Å². The summed E-state index contributed by atoms with van der Waals surface area (Å²) in [5.41, 5.74) is 1.95. The first-order chi connectivity index (χ1) is 9.71. The Morgan fingerprint density at radius 2 is 1.85 bits per heavy atom. The maximum Gasteiger partial charge on any atom is 0.0231 e. The van der Waals surface area contributed by atoms with Gasteiger partial charge < -0.3 is 10.2 Å². The Hall–Kier alpha value is -1.38. The van der Waals surface area contributed by atoms with Crippen LogP contribution in [0.4, 0.5) is 0 Å². The highest BCUT2D eigenvalue weighted by Gasteiger charge is 2.42. The van der Waals surface area contributed by atoms with E-state index in [1.54, 1.807) is 0 Å². The largest absolute Gasteiger partial charge is 0.319 e. The average molecular weight is 268 g/mol. The molecule has 0 atom stereocenters. The molecule has 1 aliphatic carbocycles. The van der Waals surface area contributed by atoms with Crippen LogP contribution in [0, 0.1) is 5.41 Å². The average Bonchev–Trinajstić information content (AvgIpc) is 3.18. The minimum atomic E-state index is 0.542. The second kappa shape index (κ2) is 5.55. The van der Waals surface area contributed by atoms with Gasteiger partial charge in [0.2, 0.25) is 0 Å². The highest BCUT2D eigenvalue weighted by atomic mass is 15.1. The fourth-order valence-electron chi connectivity index (χ4n) is 3.22. The molecule has 0 radical (unpaired) electrons. The van der Waals surface area contributed by atoms with Gasteiger partial charge in [-0.1, -0.05) is 36.4 Å². The molecule has 0 aromatic heterocycles. The third kappa shape index (κ3) is 3.02. The molecule has 0 spiro atoms. The van der Waals surface area contributed by atoms with Crippen LogP contribution in [-0.4, -0.2) is 32.1 Å². The molecule has 0 heterocycles. The summed E-state index contributed by atoms with van der Waals surface area (Å²) in [5.74, 6) is 0. The lowest BCUT2D eigenvalue weighted by molar-refractivity contribution is 0.253. The van der Waals surface area contributed by atoms with Gasteiger partial charge in [0.1, 0.15) is 0 Å². The molecule has 2 heteroatoms. The van der Waals surface area contributed by atoms with Gasteiger partial charge in [0.15, 0.2) is 0 Å². The summed E-state index contributed by atoms with van der Waals surface area (Å²) in [6.45, 7) is 3.38. The maximum absolute atomic E-state index is 3.34. The molecule has 0 saturated heterocycles. The van der Waals surface area contributed by atoms with Crippen molar-refractivity contribution in [2.45, 2.75) is 19.4 Å². The van der Waals surface area contributed by atoms with Crippen molar-refractivity contribution >= 4 is 10.8 Å². The number of nitrogens with one attached hydrogen (secondary N) is 1. The number of hydrogen-bond acceptors (Lipinski definition) is 2. The summed E-state index contributed by atoms with van der Waals surface area (Å²) < 4.78 is 0. The maximum atomic E-state index is 3.34. The van der Waals surface area contributed by atoms with E-state index in [0.29, 0.717) is 5.41 Å². The fourth-order valence-corrected chi connectivity index (χ4v) is 3.22. The minimum absolute atomic E-state index is 0.542. The molecule has 1 saturated carbocycles. The van der Waals surface area contributed by atoms with Crippen molar-refractivity contribution in [3.05, 3.63) is 48.0 Å². The molecule has 0 bridgehead atoms. The summed E-state index contributed by atoms with van der Waals surface area (Å²) in [7, 11) is 4.30. The van der Waals surface area contributed by atoms with Crippen molar-refractivity contribution in [1.29, 1.82) is 0 Å². The van der Waals surface area contributed by atoms with Crippen molar-refractivity contribution in [2.75, 3.05) is 27.2 Å². The van der Waals surface area contributed by atoms with Gasteiger partial charge in [0, 0.05) is 19.6 Å². The van der Waals surface area contributed by atoms with E-state index in [-0.39, 0.29) is 0 Å². The second-order valence-electron chi connectivity index (χ2n) is 6.38. The predicted octanol–water partition coefficient (Wildman–Crippen LogP) is 3.27. The van der Waals surface area contributed by atoms with Gasteiger partial charge in [-0.3, -0.25) is 0 Å². The first-order valence-corrected chi connectivity index (χ1v) is 7.52. The van der Waals surface area contributed by atoms with Gasteiger partial charge >= 0.3 is 0 Å². The fraction of sp³-hybridized carbons (Fsp3) is 0.444. The molecule has 1 aliphatic rings. The highest BCUT2D eigenvalue weighted by Crippen LogP contribution is 2.45. The van der Waals surface area contributed by atoms with Crippen LogP contribution < -0.4 is 5.32 Å². The van der Waals surface area contributed by atoms with Gasteiger partial charge in [0.05, 0.1) is 0 Å². The zero-order chi connectivity index (χ0) is 14.0. The van der Waals surface area contributed by atoms with Crippen molar-refractivity contribution in [2.24, 2.45) is 5.41 Å². The molecule has 106 valence electrons. The lowest BCUT2D eigenvalue weighted by Crippen LogP contribution is -2.32. The van der Waals surface area contributed by atoms with Crippen LogP contribution in [0.15, 0.2) is 42.5 Å². The van der Waals surface area contributed by atoms with Gasteiger partial charge in [0.25, 0.3) is 0 Å². The van der Waals surface area contributed by atoms with Crippen LogP contribution in [0.2, 0.25) is 0 Å². The number of nitrogens with zero attached hydrogens (tertiary/aromatic N) is 1. The third-order valence-corrected chi connectivity index (χ3v) is 4.38. The van der Waals surface area contributed by atoms with Crippen LogP contribution in [0.5, 0.6) is 0 Å². The molecular weight excluding hydrogens is 244 g/mol. The molecule has 0 amide bonds. The van der Waals surface area contributed by atoms with E-state index in [1.165, 1.54) is 35.7 Å². The Balaban J connectivity index is 1.66. The Morgan fingerprint density at radius 3 is 2.55 bits per heavy atom. The predicted molar refractivity (Wildman–Crippen MR) is 85.9 cm³/mol. The Kier molecular flexibility index (Phi) is 3.77. The monoisotopic (exact) mass is 268 g/mol. The molecule has 2 aromatic rings. The summed E-state index contributed by atoms with van der Waals surface area (Å²) in [4.78, 5) is 2.47. The molecule has 2 nitrogen and oxygen atoms in total. The summed E-state index contributed by atoms with van der Waals surface area (Å²) in [6, 6.07) is 15.4. The van der Waals surface area contributed by atoms with Crippen molar-refractivity contribution < 1.29 is 0 Å². The molecule has 0 unspecified atom stereocenters. The van der Waals surface area contributed by atoms with Gasteiger partial charge in [-0.05, 0) is 54.8 Å². The van der Waals surface area contributed by atoms with E-state index in [2.05, 4.69) is 66.8 Å². The van der Waals surface area contributed by atoms with Gasteiger partial charge in [-0.25, -0.2) is 0 Å². The Labute approximate surface area is 121 Å². The van der Waals surface area contributed by atoms with Crippen LogP contribution in [0.3, 0.4) is 0 Å². The second-order valence-corrected chi connectivity index (χ2v) is 6.38. The van der Waals surface area contributed by atoms with Crippen LogP contribution in [-0.2, 0) is 6.54 Å². The third-order valence-electron chi connectivity index (χ3n) is 4.38. The number of benzene rings is 2. The zero-order valence-electron chi connectivity index (χ0n) is 12.5. The zero-order valence-corrected chi connectivity index (χ0v) is 12.5. The lowest BCUT2D eigenvalue weighted by Gasteiger charge is -2.23. The molecule has 1 fully saturated rings. The van der Waals surface area contributed by atoms with E-state index < -0.39 is 0 Å². The topological polar surface area (TPSA) is 15.3 Å². The van der Waals surface area contributed by atoms with Gasteiger partial charge in [-0.2, -0.15) is 0 Å². The summed E-state index contributed by atoms with van der Waals surface area (Å²) in [6.07, 6.45) is 2.74. The Morgan fingerprint density at radius 1 is 1.10 bits per heavy atom. The minimum Gasteiger partial charge on any atom is -0.319 e. The van der Waals surface area contributed by atoms with E-state index >= 15 is 0 Å². The number of fused-ring (bicyclic) bond motifs is 1. The first kappa shape index (κ1) is 13.6. The first-order valence-electron chi connectivity index (χ1n) is 7.52. The highest BCUT2D eigenvalue weighted by molar-refractivity contribution is 5.82. The summed E-state index contributed by atoms with van der Waals surface area (Å²) in [5, 5.41) is 6.01.